The number of thioether (sulfide) groups is 1. The van der Waals surface area contributed by atoms with Crippen molar-refractivity contribution in [3.8, 4) is 0 Å². The maximum Gasteiger partial charge on any atom is 0.251 e. The lowest BCUT2D eigenvalue weighted by Crippen LogP contribution is -2.41. The summed E-state index contributed by atoms with van der Waals surface area (Å²) in [7, 11) is 1.86. The van der Waals surface area contributed by atoms with Crippen LogP contribution in [0.1, 0.15) is 81.0 Å². The van der Waals surface area contributed by atoms with Crippen LogP contribution in [0.4, 0.5) is 0 Å². The molecule has 0 bridgehead atoms. The fourth-order valence-corrected chi connectivity index (χ4v) is 5.33. The minimum absolute atomic E-state index is 0.0274. The molecule has 40 heavy (non-hydrogen) atoms. The van der Waals surface area contributed by atoms with Crippen LogP contribution in [0.5, 0.6) is 0 Å². The molecule has 0 aliphatic carbocycles. The maximum atomic E-state index is 12.7. The summed E-state index contributed by atoms with van der Waals surface area (Å²) in [6, 6.07) is 17.2. The number of amides is 2. The Bertz CT molecular complexity index is 1230. The zero-order chi connectivity index (χ0) is 29.1. The lowest BCUT2D eigenvalue weighted by molar-refractivity contribution is -0.123. The number of amidine groups is 1. The number of nitrogens with two attached hydrogens (primary N) is 2. The van der Waals surface area contributed by atoms with Crippen LogP contribution < -0.4 is 16.8 Å². The van der Waals surface area contributed by atoms with E-state index in [1.807, 2.05) is 75.5 Å². The first kappa shape index (κ1) is 31.0. The predicted molar refractivity (Wildman–Crippen MR) is 164 cm³/mol. The van der Waals surface area contributed by atoms with E-state index in [-0.39, 0.29) is 41.5 Å². The molecule has 3 rings (SSSR count). The van der Waals surface area contributed by atoms with E-state index in [2.05, 4.69) is 15.4 Å². The smallest absolute Gasteiger partial charge is 0.251 e. The predicted octanol–water partition coefficient (Wildman–Crippen LogP) is 4.69. The highest BCUT2D eigenvalue weighted by atomic mass is 32.2. The van der Waals surface area contributed by atoms with Gasteiger partial charge >= 0.3 is 0 Å². The number of nitrogens with zero attached hydrogens (tertiary/aromatic N) is 3. The number of hydrogen-bond donors (Lipinski definition) is 4. The van der Waals surface area contributed by atoms with Gasteiger partial charge in [0.05, 0.1) is 17.4 Å². The molecular weight excluding hydrogens is 522 g/mol. The van der Waals surface area contributed by atoms with E-state index < -0.39 is 0 Å². The number of nitrogens with one attached hydrogen (secondary N) is 2. The summed E-state index contributed by atoms with van der Waals surface area (Å²) < 4.78 is 0. The van der Waals surface area contributed by atoms with E-state index in [9.17, 15) is 9.59 Å². The minimum atomic E-state index is -0.297. The van der Waals surface area contributed by atoms with Gasteiger partial charge in [0.25, 0.3) is 5.91 Å². The van der Waals surface area contributed by atoms with Gasteiger partial charge < -0.3 is 22.2 Å². The number of carbonyl (C=O) groups excluding carboxylic acids is 2. The van der Waals surface area contributed by atoms with Crippen LogP contribution in [-0.4, -0.2) is 46.0 Å². The highest BCUT2D eigenvalue weighted by Crippen LogP contribution is 2.27. The first-order valence-electron chi connectivity index (χ1n) is 13.7. The zero-order valence-corrected chi connectivity index (χ0v) is 24.4. The molecule has 10 heteroatoms. The van der Waals surface area contributed by atoms with E-state index in [1.165, 1.54) is 0 Å². The van der Waals surface area contributed by atoms with Crippen LogP contribution in [0.25, 0.3) is 0 Å². The molecule has 9 nitrogen and oxygen atoms in total. The average molecular weight is 564 g/mol. The number of rotatable bonds is 14. The zero-order valence-electron chi connectivity index (χ0n) is 23.6. The lowest BCUT2D eigenvalue weighted by Gasteiger charge is -2.21. The molecule has 3 unspecified atom stereocenters. The molecule has 0 saturated heterocycles. The number of aliphatic imine (C=N–C) groups is 1. The third-order valence-corrected chi connectivity index (χ3v) is 7.92. The highest BCUT2D eigenvalue weighted by Gasteiger charge is 2.27. The van der Waals surface area contributed by atoms with E-state index >= 15 is 0 Å². The summed E-state index contributed by atoms with van der Waals surface area (Å²) in [6.45, 7) is 3.81. The fourth-order valence-electron chi connectivity index (χ4n) is 4.26. The van der Waals surface area contributed by atoms with Crippen molar-refractivity contribution in [1.82, 2.24) is 10.3 Å². The quantitative estimate of drug-likeness (QED) is 0.149. The highest BCUT2D eigenvalue weighted by molar-refractivity contribution is 8.14. The topological polar surface area (TPSA) is 150 Å². The molecule has 1 heterocycles. The first-order valence-corrected chi connectivity index (χ1v) is 14.6. The third-order valence-electron chi connectivity index (χ3n) is 6.72. The van der Waals surface area contributed by atoms with E-state index in [1.54, 1.807) is 16.8 Å². The minimum Gasteiger partial charge on any atom is -0.387 e. The Morgan fingerprint density at radius 1 is 1.07 bits per heavy atom. The summed E-state index contributed by atoms with van der Waals surface area (Å²) in [4.78, 5) is 29.0. The Morgan fingerprint density at radius 2 is 1.80 bits per heavy atom. The van der Waals surface area contributed by atoms with E-state index in [0.29, 0.717) is 25.0 Å². The maximum absolute atomic E-state index is 12.7. The molecule has 6 N–H and O–H groups in total. The van der Waals surface area contributed by atoms with Crippen LogP contribution in [0, 0.1) is 5.41 Å². The van der Waals surface area contributed by atoms with Gasteiger partial charge in [-0.2, -0.15) is 5.10 Å². The first-order chi connectivity index (χ1) is 19.1. The fraction of sp³-hybridized carbons (Fsp3) is 0.433. The van der Waals surface area contributed by atoms with Gasteiger partial charge in [-0.25, -0.2) is 4.99 Å². The molecular formula is C30H41N7O2S. The van der Waals surface area contributed by atoms with Crippen molar-refractivity contribution in [3.05, 3.63) is 71.3 Å². The number of hydrogen-bond acceptors (Lipinski definition) is 7. The standard InChI is InChI=1S/C30H41N7O2S/c1-20(23-11-5-4-6-12-23)29(39)35-30-37(3)36-28(40-30)15-8-7-14-25(32)16-17-26(33)34-27(38)19-22-10-9-13-24(18-22)21(2)31/h4-6,9-13,18,20-21,30,32H,7-8,14-17,19,31H2,1-3H3,(H,35,39)(H2,33,34,38). The van der Waals surface area contributed by atoms with E-state index in [4.69, 9.17) is 16.9 Å². The Hall–Kier alpha value is -3.50. The van der Waals surface area contributed by atoms with Crippen molar-refractivity contribution in [1.29, 1.82) is 5.41 Å². The number of carbonyl (C=O) groups is 2. The second kappa shape index (κ2) is 15.3. The molecule has 0 spiro atoms. The second-order valence-electron chi connectivity index (χ2n) is 10.2. The van der Waals surface area contributed by atoms with Crippen molar-refractivity contribution in [2.75, 3.05) is 7.05 Å². The van der Waals surface area contributed by atoms with Gasteiger partial charge in [-0.3, -0.25) is 14.6 Å². The summed E-state index contributed by atoms with van der Waals surface area (Å²) in [6.07, 6.45) is 4.25. The molecule has 3 atom stereocenters. The van der Waals surface area contributed by atoms with Crippen LogP contribution in [-0.2, 0) is 16.0 Å². The molecule has 2 aromatic carbocycles. The normalized spacial score (nSPS) is 16.8. The Labute approximate surface area is 241 Å². The van der Waals surface area contributed by atoms with Gasteiger partial charge in [0.15, 0.2) is 5.50 Å². The Morgan fingerprint density at radius 3 is 2.52 bits per heavy atom. The van der Waals surface area contributed by atoms with Crippen LogP contribution in [0.3, 0.4) is 0 Å². The molecule has 0 radical (unpaired) electrons. The summed E-state index contributed by atoms with van der Waals surface area (Å²) in [5.74, 6) is -0.303. The van der Waals surface area contributed by atoms with Gasteiger partial charge in [-0.15, -0.1) is 0 Å². The van der Waals surface area contributed by atoms with Crippen molar-refractivity contribution in [3.63, 3.8) is 0 Å². The SMILES string of the molecule is CC(N)c1cccc(CC(=O)N=C(N)CCC(=N)CCCCC2=NN(C)C(NC(=O)C(C)c3ccccc3)S2)c1. The Balaban J connectivity index is 1.32. The molecule has 214 valence electrons. The average Bonchev–Trinajstić information content (AvgIpc) is 3.28. The van der Waals surface area contributed by atoms with Gasteiger partial charge in [0, 0.05) is 25.2 Å². The largest absolute Gasteiger partial charge is 0.387 e. The van der Waals surface area contributed by atoms with Crippen LogP contribution >= 0.6 is 11.8 Å². The summed E-state index contributed by atoms with van der Waals surface area (Å²) in [5.41, 5.74) is 15.1. The molecule has 0 fully saturated rings. The molecule has 1 aliphatic heterocycles. The number of hydrazone groups is 1. The van der Waals surface area contributed by atoms with Gasteiger partial charge in [0.1, 0.15) is 5.84 Å². The lowest BCUT2D eigenvalue weighted by atomic mass is 10.0. The van der Waals surface area contributed by atoms with Crippen molar-refractivity contribution in [2.24, 2.45) is 21.6 Å². The van der Waals surface area contributed by atoms with Crippen molar-refractivity contribution < 1.29 is 9.59 Å². The molecule has 1 aliphatic rings. The number of benzene rings is 2. The third kappa shape index (κ3) is 9.91. The van der Waals surface area contributed by atoms with Crippen LogP contribution in [0.15, 0.2) is 64.7 Å². The Kier molecular flexibility index (Phi) is 11.9. The molecule has 2 aromatic rings. The molecule has 0 aromatic heterocycles. The second-order valence-corrected chi connectivity index (χ2v) is 11.4. The molecule has 2 amide bonds. The van der Waals surface area contributed by atoms with Crippen LogP contribution in [0.2, 0.25) is 0 Å². The monoisotopic (exact) mass is 563 g/mol. The van der Waals surface area contributed by atoms with E-state index in [0.717, 1.165) is 41.0 Å². The van der Waals surface area contributed by atoms with Crippen molar-refractivity contribution in [2.45, 2.75) is 76.3 Å². The summed E-state index contributed by atoms with van der Waals surface area (Å²) >= 11 is 1.56. The van der Waals surface area contributed by atoms with Gasteiger partial charge in [0.2, 0.25) is 5.91 Å². The summed E-state index contributed by atoms with van der Waals surface area (Å²) in [5, 5.41) is 18.7. The molecule has 0 saturated carbocycles. The van der Waals surface area contributed by atoms with Crippen molar-refractivity contribution >= 4 is 40.2 Å². The number of unbranched alkanes of at least 4 members (excludes halogenated alkanes) is 1. The van der Waals surface area contributed by atoms with Gasteiger partial charge in [-0.05, 0) is 62.6 Å². The van der Waals surface area contributed by atoms with Gasteiger partial charge in [-0.1, -0.05) is 66.4 Å².